The van der Waals surface area contributed by atoms with Gasteiger partial charge in [0.25, 0.3) is 15.9 Å². The van der Waals surface area contributed by atoms with Gasteiger partial charge in [-0.3, -0.25) is 14.3 Å². The van der Waals surface area contributed by atoms with Crippen LogP contribution in [0.3, 0.4) is 0 Å². The number of furan rings is 1. The number of anilines is 2. The molecule has 2 heterocycles. The molecular formula is C28H21ClF3N3O5S2. The number of amides is 2. The molecular weight excluding hydrogens is 615 g/mol. The molecule has 0 radical (unpaired) electrons. The Kier molecular flexibility index (Phi) is 8.26. The third kappa shape index (κ3) is 6.58. The predicted molar refractivity (Wildman–Crippen MR) is 153 cm³/mol. The molecule has 1 fully saturated rings. The minimum atomic E-state index is -4.76. The van der Waals surface area contributed by atoms with Crippen LogP contribution in [0, 0.1) is 0 Å². The summed E-state index contributed by atoms with van der Waals surface area (Å²) in [7, 11) is -4.23. The molecule has 42 heavy (non-hydrogen) atoms. The zero-order valence-corrected chi connectivity index (χ0v) is 23.8. The molecule has 1 saturated heterocycles. The Morgan fingerprint density at radius 2 is 1.71 bits per heavy atom. The highest BCUT2D eigenvalue weighted by Gasteiger charge is 2.34. The van der Waals surface area contributed by atoms with E-state index in [1.165, 1.54) is 36.0 Å². The maximum Gasteiger partial charge on any atom is 0.417 e. The Balaban J connectivity index is 1.23. The number of nitrogens with zero attached hydrogens (tertiary/aromatic N) is 1. The number of halogens is 4. The van der Waals surface area contributed by atoms with Crippen molar-refractivity contribution in [3.63, 3.8) is 0 Å². The molecule has 0 unspecified atom stereocenters. The number of benzene rings is 3. The first-order valence-corrected chi connectivity index (χ1v) is 15.2. The van der Waals surface area contributed by atoms with Crippen molar-refractivity contribution in [1.82, 2.24) is 4.90 Å². The number of hydrogen-bond acceptors (Lipinski definition) is 6. The van der Waals surface area contributed by atoms with Crippen molar-refractivity contribution in [2.45, 2.75) is 23.0 Å². The second-order valence-electron chi connectivity index (χ2n) is 9.16. The molecule has 8 nitrogen and oxygen atoms in total. The molecule has 1 aliphatic heterocycles. The second-order valence-corrected chi connectivity index (χ2v) is 12.3. The molecule has 2 N–H and O–H groups in total. The normalized spacial score (nSPS) is 15.6. The van der Waals surface area contributed by atoms with Crippen LogP contribution in [0.15, 0.2) is 94.4 Å². The van der Waals surface area contributed by atoms with Gasteiger partial charge < -0.3 is 14.6 Å². The average Bonchev–Trinajstić information content (AvgIpc) is 3.59. The topological polar surface area (TPSA) is 109 Å². The van der Waals surface area contributed by atoms with Gasteiger partial charge in [0.2, 0.25) is 5.91 Å². The lowest BCUT2D eigenvalue weighted by Gasteiger charge is -2.23. The number of carbonyl (C=O) groups excluding carboxylic acids is 2. The summed E-state index contributed by atoms with van der Waals surface area (Å²) in [6.07, 6.45) is -3.21. The van der Waals surface area contributed by atoms with Gasteiger partial charge in [-0.2, -0.15) is 13.2 Å². The summed E-state index contributed by atoms with van der Waals surface area (Å²) in [6.45, 7) is 0.335. The molecule has 1 aromatic heterocycles. The SMILES string of the molecule is O=C(Nc1ccc(S(=O)(=O)Nc2ccc(Cl)c(C(F)(F)F)c2)cc1)c1ccc([C@H]2SCC(=O)N2Cc2ccco2)cc1. The lowest BCUT2D eigenvalue weighted by molar-refractivity contribution is -0.137. The van der Waals surface area contributed by atoms with Gasteiger partial charge in [-0.05, 0) is 72.3 Å². The van der Waals surface area contributed by atoms with E-state index in [1.54, 1.807) is 47.6 Å². The zero-order chi connectivity index (χ0) is 30.1. The number of sulfonamides is 1. The summed E-state index contributed by atoms with van der Waals surface area (Å²) >= 11 is 7.07. The number of nitrogens with one attached hydrogen (secondary N) is 2. The van der Waals surface area contributed by atoms with Crippen molar-refractivity contribution in [1.29, 1.82) is 0 Å². The van der Waals surface area contributed by atoms with Gasteiger partial charge in [0.05, 0.1) is 34.0 Å². The predicted octanol–water partition coefficient (Wildman–Crippen LogP) is 6.78. The fraction of sp³-hybridized carbons (Fsp3) is 0.143. The maximum atomic E-state index is 13.1. The van der Waals surface area contributed by atoms with Crippen LogP contribution in [0.2, 0.25) is 5.02 Å². The summed E-state index contributed by atoms with van der Waals surface area (Å²) in [4.78, 5) is 26.7. The number of thioether (sulfide) groups is 1. The van der Waals surface area contributed by atoms with Crippen LogP contribution in [0.5, 0.6) is 0 Å². The number of hydrogen-bond donors (Lipinski definition) is 2. The van der Waals surface area contributed by atoms with E-state index in [4.69, 9.17) is 16.0 Å². The first kappa shape index (κ1) is 29.5. The van der Waals surface area contributed by atoms with Crippen LogP contribution in [0.25, 0.3) is 0 Å². The molecule has 1 aliphatic rings. The highest BCUT2D eigenvalue weighted by molar-refractivity contribution is 8.00. The van der Waals surface area contributed by atoms with Gasteiger partial charge >= 0.3 is 6.18 Å². The van der Waals surface area contributed by atoms with E-state index in [0.29, 0.717) is 35.4 Å². The third-order valence-corrected chi connectivity index (χ3v) is 9.26. The average molecular weight is 636 g/mol. The molecule has 4 aromatic rings. The summed E-state index contributed by atoms with van der Waals surface area (Å²) in [5.74, 6) is 0.548. The third-order valence-electron chi connectivity index (χ3n) is 6.28. The first-order chi connectivity index (χ1) is 19.9. The van der Waals surface area contributed by atoms with E-state index in [9.17, 15) is 31.2 Å². The minimum absolute atomic E-state index is 0.0110. The Hall–Kier alpha value is -3.94. The van der Waals surface area contributed by atoms with Crippen LogP contribution in [0.4, 0.5) is 24.5 Å². The molecule has 0 spiro atoms. The molecule has 2 amide bonds. The fourth-order valence-electron chi connectivity index (χ4n) is 4.21. The Morgan fingerprint density at radius 3 is 2.36 bits per heavy atom. The molecule has 3 aromatic carbocycles. The molecule has 0 bridgehead atoms. The quantitative estimate of drug-likeness (QED) is 0.221. The fourth-order valence-corrected chi connectivity index (χ4v) is 6.67. The lowest BCUT2D eigenvalue weighted by atomic mass is 10.1. The highest BCUT2D eigenvalue weighted by atomic mass is 35.5. The van der Waals surface area contributed by atoms with Crippen molar-refractivity contribution >= 4 is 56.6 Å². The van der Waals surface area contributed by atoms with Gasteiger partial charge in [0, 0.05) is 16.9 Å². The number of rotatable bonds is 8. The van der Waals surface area contributed by atoms with E-state index in [0.717, 1.165) is 17.7 Å². The molecule has 14 heteroatoms. The van der Waals surface area contributed by atoms with Gasteiger partial charge in [-0.25, -0.2) is 8.42 Å². The van der Waals surface area contributed by atoms with Crippen LogP contribution in [0.1, 0.15) is 32.6 Å². The zero-order valence-electron chi connectivity index (χ0n) is 21.4. The lowest BCUT2D eigenvalue weighted by Crippen LogP contribution is -2.27. The smallest absolute Gasteiger partial charge is 0.417 e. The van der Waals surface area contributed by atoms with Gasteiger partial charge in [0.1, 0.15) is 11.1 Å². The summed E-state index contributed by atoms with van der Waals surface area (Å²) in [5.41, 5.74) is 0.0101. The summed E-state index contributed by atoms with van der Waals surface area (Å²) < 4.78 is 72.3. The van der Waals surface area contributed by atoms with Crippen molar-refractivity contribution in [3.05, 3.63) is 113 Å². The number of alkyl halides is 3. The Labute approximate surface area is 247 Å². The van der Waals surface area contributed by atoms with Crippen molar-refractivity contribution in [3.8, 4) is 0 Å². The monoisotopic (exact) mass is 635 g/mol. The molecule has 1 atom stereocenters. The summed E-state index contributed by atoms with van der Waals surface area (Å²) in [5, 5.41) is 1.89. The minimum Gasteiger partial charge on any atom is -0.467 e. The summed E-state index contributed by atoms with van der Waals surface area (Å²) in [6, 6.07) is 18.2. The van der Waals surface area contributed by atoms with Crippen LogP contribution < -0.4 is 10.0 Å². The maximum absolute atomic E-state index is 13.1. The van der Waals surface area contributed by atoms with E-state index in [-0.39, 0.29) is 21.9 Å². The largest absolute Gasteiger partial charge is 0.467 e. The van der Waals surface area contributed by atoms with E-state index >= 15 is 0 Å². The standard InChI is InChI=1S/C28H21ClF3N3O5S2/c29-24-12-9-20(14-23(24)28(30,31)32)34-42(38,39)22-10-7-19(8-11-22)33-26(37)17-3-5-18(6-4-17)27-35(25(36)16-41-27)15-21-2-1-13-40-21/h1-14,27,34H,15-16H2,(H,33,37)/t27-/m1/s1. The highest BCUT2D eigenvalue weighted by Crippen LogP contribution is 2.40. The van der Waals surface area contributed by atoms with Crippen molar-refractivity contribution in [2.24, 2.45) is 0 Å². The Morgan fingerprint density at radius 1 is 1.02 bits per heavy atom. The van der Waals surface area contributed by atoms with Crippen molar-refractivity contribution in [2.75, 3.05) is 15.8 Å². The van der Waals surface area contributed by atoms with E-state index < -0.39 is 32.7 Å². The van der Waals surface area contributed by atoms with E-state index in [1.807, 2.05) is 0 Å². The van der Waals surface area contributed by atoms with Crippen LogP contribution in [-0.4, -0.2) is 30.9 Å². The first-order valence-electron chi connectivity index (χ1n) is 12.2. The van der Waals surface area contributed by atoms with Crippen LogP contribution in [-0.2, 0) is 27.5 Å². The van der Waals surface area contributed by atoms with Crippen molar-refractivity contribution < 1.29 is 35.6 Å². The van der Waals surface area contributed by atoms with Gasteiger partial charge in [-0.15, -0.1) is 11.8 Å². The molecule has 218 valence electrons. The van der Waals surface area contributed by atoms with Gasteiger partial charge in [0.15, 0.2) is 0 Å². The molecule has 0 aliphatic carbocycles. The number of carbonyl (C=O) groups is 2. The Bertz CT molecular complexity index is 1710. The molecule has 0 saturated carbocycles. The van der Waals surface area contributed by atoms with Gasteiger partial charge in [-0.1, -0.05) is 23.7 Å². The van der Waals surface area contributed by atoms with E-state index in [2.05, 4.69) is 10.0 Å². The second kappa shape index (κ2) is 11.7. The molecule has 5 rings (SSSR count). The van der Waals surface area contributed by atoms with Crippen LogP contribution >= 0.6 is 23.4 Å².